The molecule has 0 saturated carbocycles. The Labute approximate surface area is 161 Å². The topological polar surface area (TPSA) is 55.4 Å². The third-order valence-electron chi connectivity index (χ3n) is 4.44. The van der Waals surface area contributed by atoms with Crippen LogP contribution in [0, 0.1) is 0 Å². The van der Waals surface area contributed by atoms with E-state index >= 15 is 0 Å². The van der Waals surface area contributed by atoms with Crippen LogP contribution in [-0.2, 0) is 20.7 Å². The van der Waals surface area contributed by atoms with E-state index in [4.69, 9.17) is 4.74 Å². The van der Waals surface area contributed by atoms with Crippen molar-refractivity contribution in [2.45, 2.75) is 25.7 Å². The van der Waals surface area contributed by atoms with Crippen LogP contribution in [0.15, 0.2) is 70.3 Å². The van der Waals surface area contributed by atoms with Crippen molar-refractivity contribution in [1.29, 1.82) is 0 Å². The van der Waals surface area contributed by atoms with Crippen molar-refractivity contribution in [3.8, 4) is 0 Å². The quantitative estimate of drug-likeness (QED) is 0.750. The molecule has 0 bridgehead atoms. The number of carbonyl (C=O) groups excluding carboxylic acids is 2. The number of esters is 1. The average molecular weight is 414 g/mol. The maximum atomic E-state index is 12.8. The molecule has 0 fully saturated rings. The lowest BCUT2D eigenvalue weighted by atomic mass is 9.84. The summed E-state index contributed by atoms with van der Waals surface area (Å²) in [7, 11) is 0. The molecule has 1 aliphatic heterocycles. The number of rotatable bonds is 5. The summed E-state index contributed by atoms with van der Waals surface area (Å²) in [5, 5.41) is 2.76. The molecule has 0 radical (unpaired) electrons. The van der Waals surface area contributed by atoms with Crippen molar-refractivity contribution in [2.75, 3.05) is 6.61 Å². The van der Waals surface area contributed by atoms with Crippen molar-refractivity contribution in [2.24, 2.45) is 0 Å². The fourth-order valence-corrected chi connectivity index (χ4v) is 3.74. The third kappa shape index (κ3) is 4.22. The molecule has 1 heterocycles. The van der Waals surface area contributed by atoms with Crippen molar-refractivity contribution in [1.82, 2.24) is 5.32 Å². The van der Waals surface area contributed by atoms with Gasteiger partial charge in [0.2, 0.25) is 5.91 Å². The van der Waals surface area contributed by atoms with Gasteiger partial charge in [-0.2, -0.15) is 0 Å². The zero-order valence-corrected chi connectivity index (χ0v) is 16.1. The van der Waals surface area contributed by atoms with Gasteiger partial charge in [0.1, 0.15) is 0 Å². The lowest BCUT2D eigenvalue weighted by Gasteiger charge is -2.27. The minimum atomic E-state index is -0.376. The highest BCUT2D eigenvalue weighted by atomic mass is 79.9. The van der Waals surface area contributed by atoms with Crippen LogP contribution in [-0.4, -0.2) is 18.5 Å². The van der Waals surface area contributed by atoms with Crippen molar-refractivity contribution < 1.29 is 14.3 Å². The molecule has 1 atom stereocenters. The van der Waals surface area contributed by atoms with E-state index in [9.17, 15) is 9.59 Å². The maximum Gasteiger partial charge on any atom is 0.336 e. The fourth-order valence-electron chi connectivity index (χ4n) is 3.18. The summed E-state index contributed by atoms with van der Waals surface area (Å²) < 4.78 is 6.40. The number of hydrogen-bond acceptors (Lipinski definition) is 3. The highest BCUT2D eigenvalue weighted by Gasteiger charge is 2.33. The monoisotopic (exact) mass is 413 g/mol. The first-order chi connectivity index (χ1) is 12.6. The molecule has 26 heavy (non-hydrogen) atoms. The molecule has 5 heteroatoms. The van der Waals surface area contributed by atoms with Crippen LogP contribution in [0.25, 0.3) is 0 Å². The molecular formula is C21H20BrNO3. The van der Waals surface area contributed by atoms with Gasteiger partial charge in [-0.05, 0) is 24.1 Å². The molecule has 0 aliphatic carbocycles. The van der Waals surface area contributed by atoms with Gasteiger partial charge in [0.05, 0.1) is 12.2 Å². The van der Waals surface area contributed by atoms with Gasteiger partial charge in [0.15, 0.2) is 0 Å². The Morgan fingerprint density at radius 2 is 1.85 bits per heavy atom. The number of carbonyl (C=O) groups is 2. The molecule has 0 unspecified atom stereocenters. The molecule has 3 rings (SSSR count). The molecule has 4 nitrogen and oxygen atoms in total. The van der Waals surface area contributed by atoms with E-state index in [1.54, 1.807) is 6.92 Å². The van der Waals surface area contributed by atoms with Crippen molar-refractivity contribution in [3.05, 3.63) is 81.5 Å². The van der Waals surface area contributed by atoms with Gasteiger partial charge in [-0.15, -0.1) is 0 Å². The zero-order valence-electron chi connectivity index (χ0n) is 14.5. The first-order valence-corrected chi connectivity index (χ1v) is 9.31. The summed E-state index contributed by atoms with van der Waals surface area (Å²) in [6.07, 6.45) is 0.883. The molecule has 0 saturated heterocycles. The Hall–Kier alpha value is -2.40. The van der Waals surface area contributed by atoms with Crippen LogP contribution in [0.3, 0.4) is 0 Å². The van der Waals surface area contributed by atoms with E-state index in [1.807, 2.05) is 54.6 Å². The molecule has 2 aromatic carbocycles. The second-order valence-electron chi connectivity index (χ2n) is 6.24. The van der Waals surface area contributed by atoms with Crippen LogP contribution in [0.1, 0.15) is 30.4 Å². The number of amides is 1. The van der Waals surface area contributed by atoms with E-state index in [2.05, 4.69) is 21.2 Å². The fraction of sp³-hybridized carbons (Fsp3) is 0.238. The van der Waals surface area contributed by atoms with Crippen LogP contribution >= 0.6 is 15.9 Å². The van der Waals surface area contributed by atoms with Crippen molar-refractivity contribution in [3.63, 3.8) is 0 Å². The first kappa shape index (κ1) is 18.4. The van der Waals surface area contributed by atoms with Gasteiger partial charge in [0.25, 0.3) is 0 Å². The molecule has 134 valence electrons. The Balaban J connectivity index is 1.78. The lowest BCUT2D eigenvalue weighted by molar-refractivity contribution is -0.139. The Morgan fingerprint density at radius 3 is 2.58 bits per heavy atom. The van der Waals surface area contributed by atoms with Crippen LogP contribution < -0.4 is 5.32 Å². The largest absolute Gasteiger partial charge is 0.462 e. The zero-order chi connectivity index (χ0) is 18.5. The molecule has 1 amide bonds. The van der Waals surface area contributed by atoms with E-state index < -0.39 is 0 Å². The van der Waals surface area contributed by atoms with Gasteiger partial charge in [-0.1, -0.05) is 64.5 Å². The number of allylic oxidation sites excluding steroid dienone is 1. The van der Waals surface area contributed by atoms with Crippen molar-refractivity contribution >= 4 is 27.8 Å². The predicted molar refractivity (Wildman–Crippen MR) is 103 cm³/mol. The summed E-state index contributed by atoms with van der Waals surface area (Å²) in [6, 6.07) is 17.5. The van der Waals surface area contributed by atoms with E-state index in [1.165, 1.54) is 0 Å². The maximum absolute atomic E-state index is 12.8. The Bertz CT molecular complexity index is 845. The van der Waals surface area contributed by atoms with Gasteiger partial charge in [-0.3, -0.25) is 4.79 Å². The third-order valence-corrected chi connectivity index (χ3v) is 5.16. The molecule has 0 aromatic heterocycles. The van der Waals surface area contributed by atoms with Crippen LogP contribution in [0.2, 0.25) is 0 Å². The van der Waals surface area contributed by atoms with Gasteiger partial charge >= 0.3 is 5.97 Å². The first-order valence-electron chi connectivity index (χ1n) is 8.52. The minimum absolute atomic E-state index is 0.0934. The highest BCUT2D eigenvalue weighted by molar-refractivity contribution is 9.10. The van der Waals surface area contributed by atoms with E-state index in [0.29, 0.717) is 24.3 Å². The van der Waals surface area contributed by atoms with Crippen LogP contribution in [0.5, 0.6) is 0 Å². The lowest BCUT2D eigenvalue weighted by Crippen LogP contribution is -2.34. The summed E-state index contributed by atoms with van der Waals surface area (Å²) >= 11 is 3.53. The number of hydrogen-bond donors (Lipinski definition) is 1. The SMILES string of the molecule is CC1=C(C(=O)OCCc2ccccc2)[C@H](c2ccccc2Br)CC(=O)N1. The van der Waals surface area contributed by atoms with Crippen LogP contribution in [0.4, 0.5) is 0 Å². The second-order valence-corrected chi connectivity index (χ2v) is 7.09. The molecule has 1 N–H and O–H groups in total. The molecule has 1 aliphatic rings. The second kappa shape index (κ2) is 8.32. The Morgan fingerprint density at radius 1 is 1.15 bits per heavy atom. The number of benzene rings is 2. The smallest absolute Gasteiger partial charge is 0.336 e. The highest BCUT2D eigenvalue weighted by Crippen LogP contribution is 2.37. The number of ether oxygens (including phenoxy) is 1. The molecular weight excluding hydrogens is 394 g/mol. The molecule has 0 spiro atoms. The van der Waals surface area contributed by atoms with E-state index in [0.717, 1.165) is 15.6 Å². The number of halogens is 1. The average Bonchev–Trinajstić information content (AvgIpc) is 2.62. The number of nitrogens with one attached hydrogen (secondary N) is 1. The van der Waals surface area contributed by atoms with Gasteiger partial charge < -0.3 is 10.1 Å². The summed E-state index contributed by atoms with van der Waals surface area (Å²) in [5.41, 5.74) is 3.11. The summed E-state index contributed by atoms with van der Waals surface area (Å²) in [6.45, 7) is 2.05. The minimum Gasteiger partial charge on any atom is -0.462 e. The van der Waals surface area contributed by atoms with Gasteiger partial charge in [-0.25, -0.2) is 4.79 Å². The standard InChI is InChI=1S/C21H20BrNO3/c1-14-20(21(25)26-12-11-15-7-3-2-4-8-15)17(13-19(24)23-14)16-9-5-6-10-18(16)22/h2-10,17H,11-13H2,1H3,(H,23,24)/t17-/m0/s1. The van der Waals surface area contributed by atoms with Gasteiger partial charge in [0, 0.05) is 28.9 Å². The Kier molecular flexibility index (Phi) is 5.89. The summed E-state index contributed by atoms with van der Waals surface area (Å²) in [5.74, 6) is -0.785. The normalized spacial score (nSPS) is 17.0. The predicted octanol–water partition coefficient (Wildman–Crippen LogP) is 4.11. The molecule has 2 aromatic rings. The summed E-state index contributed by atoms with van der Waals surface area (Å²) in [4.78, 5) is 24.8. The van der Waals surface area contributed by atoms with E-state index in [-0.39, 0.29) is 24.2 Å².